The molecule has 0 saturated carbocycles. The number of fused-ring (bicyclic) bond motifs is 1. The SMILES string of the molecule is Cc1ncsc1/C=C/c1nc2ccccc2o1. The summed E-state index contributed by atoms with van der Waals surface area (Å²) in [6, 6.07) is 7.74. The van der Waals surface area contributed by atoms with Crippen LogP contribution in [0.1, 0.15) is 16.5 Å². The number of rotatable bonds is 2. The van der Waals surface area contributed by atoms with Gasteiger partial charge >= 0.3 is 0 Å². The number of hydrogen-bond donors (Lipinski definition) is 0. The largest absolute Gasteiger partial charge is 0.437 e. The lowest BCUT2D eigenvalue weighted by molar-refractivity contribution is 0.590. The second-order valence-electron chi connectivity index (χ2n) is 3.66. The van der Waals surface area contributed by atoms with E-state index in [2.05, 4.69) is 9.97 Å². The predicted octanol–water partition coefficient (Wildman–Crippen LogP) is 3.76. The van der Waals surface area contributed by atoms with Crippen molar-refractivity contribution in [2.45, 2.75) is 6.92 Å². The monoisotopic (exact) mass is 242 g/mol. The molecule has 0 bridgehead atoms. The van der Waals surface area contributed by atoms with Gasteiger partial charge in [-0.2, -0.15) is 0 Å². The highest BCUT2D eigenvalue weighted by Crippen LogP contribution is 2.19. The number of oxazole rings is 1. The molecule has 0 aliphatic carbocycles. The molecule has 17 heavy (non-hydrogen) atoms. The molecule has 0 N–H and O–H groups in total. The van der Waals surface area contributed by atoms with Crippen LogP contribution in [0, 0.1) is 6.92 Å². The Morgan fingerprint density at radius 3 is 2.88 bits per heavy atom. The van der Waals surface area contributed by atoms with Gasteiger partial charge in [0, 0.05) is 11.0 Å². The van der Waals surface area contributed by atoms with E-state index in [4.69, 9.17) is 4.42 Å². The van der Waals surface area contributed by atoms with Crippen LogP contribution in [0.4, 0.5) is 0 Å². The number of aryl methyl sites for hydroxylation is 1. The minimum absolute atomic E-state index is 0.624. The number of aromatic nitrogens is 2. The van der Waals surface area contributed by atoms with Crippen LogP contribution in [0.25, 0.3) is 23.3 Å². The van der Waals surface area contributed by atoms with E-state index in [9.17, 15) is 0 Å². The highest BCUT2D eigenvalue weighted by molar-refractivity contribution is 7.10. The van der Waals surface area contributed by atoms with Crippen LogP contribution < -0.4 is 0 Å². The third kappa shape index (κ3) is 1.99. The molecule has 0 unspecified atom stereocenters. The molecule has 3 rings (SSSR count). The van der Waals surface area contributed by atoms with Crippen LogP contribution in [0.15, 0.2) is 34.2 Å². The highest BCUT2D eigenvalue weighted by atomic mass is 32.1. The van der Waals surface area contributed by atoms with Gasteiger partial charge in [-0.05, 0) is 25.1 Å². The predicted molar refractivity (Wildman–Crippen MR) is 69.8 cm³/mol. The molecule has 1 aromatic carbocycles. The molecular formula is C13H10N2OS. The molecule has 2 aromatic heterocycles. The molecule has 3 aromatic rings. The van der Waals surface area contributed by atoms with Gasteiger partial charge in [0.1, 0.15) is 5.52 Å². The zero-order valence-corrected chi connectivity index (χ0v) is 10.1. The molecule has 0 atom stereocenters. The fourth-order valence-corrected chi connectivity index (χ4v) is 2.27. The second kappa shape index (κ2) is 4.14. The van der Waals surface area contributed by atoms with E-state index in [0.717, 1.165) is 21.7 Å². The second-order valence-corrected chi connectivity index (χ2v) is 4.54. The molecule has 84 valence electrons. The standard InChI is InChI=1S/C13H10N2OS/c1-9-12(17-8-14-9)6-7-13-15-10-4-2-3-5-11(10)16-13/h2-8H,1H3/b7-6+. The van der Waals surface area contributed by atoms with Crippen molar-refractivity contribution in [2.75, 3.05) is 0 Å². The highest BCUT2D eigenvalue weighted by Gasteiger charge is 2.02. The zero-order valence-electron chi connectivity index (χ0n) is 9.25. The van der Waals surface area contributed by atoms with Crippen molar-refractivity contribution < 1.29 is 4.42 Å². The van der Waals surface area contributed by atoms with Crippen molar-refractivity contribution >= 4 is 34.6 Å². The van der Waals surface area contributed by atoms with Crippen molar-refractivity contribution in [3.8, 4) is 0 Å². The Hall–Kier alpha value is -1.94. The Labute approximate surface area is 102 Å². The van der Waals surface area contributed by atoms with Crippen molar-refractivity contribution in [2.24, 2.45) is 0 Å². The first-order valence-corrected chi connectivity index (χ1v) is 6.14. The fourth-order valence-electron chi connectivity index (χ4n) is 1.58. The van der Waals surface area contributed by atoms with E-state index in [1.807, 2.05) is 48.9 Å². The molecule has 0 spiro atoms. The Morgan fingerprint density at radius 2 is 2.12 bits per heavy atom. The van der Waals surface area contributed by atoms with E-state index >= 15 is 0 Å². The molecule has 0 aliphatic heterocycles. The summed E-state index contributed by atoms with van der Waals surface area (Å²) in [6.45, 7) is 1.99. The van der Waals surface area contributed by atoms with Gasteiger partial charge in [0.15, 0.2) is 5.58 Å². The zero-order chi connectivity index (χ0) is 11.7. The first-order valence-electron chi connectivity index (χ1n) is 5.27. The van der Waals surface area contributed by atoms with Crippen LogP contribution >= 0.6 is 11.3 Å². The average molecular weight is 242 g/mol. The summed E-state index contributed by atoms with van der Waals surface area (Å²) in [7, 11) is 0. The van der Waals surface area contributed by atoms with E-state index in [1.165, 1.54) is 0 Å². The van der Waals surface area contributed by atoms with Crippen LogP contribution in [0.2, 0.25) is 0 Å². The molecule has 3 nitrogen and oxygen atoms in total. The molecule has 0 fully saturated rings. The third-order valence-corrected chi connectivity index (χ3v) is 3.37. The molecule has 4 heteroatoms. The van der Waals surface area contributed by atoms with E-state index in [-0.39, 0.29) is 0 Å². The van der Waals surface area contributed by atoms with Crippen molar-refractivity contribution in [1.29, 1.82) is 0 Å². The minimum atomic E-state index is 0.624. The van der Waals surface area contributed by atoms with Gasteiger partial charge in [-0.25, -0.2) is 9.97 Å². The van der Waals surface area contributed by atoms with Gasteiger partial charge in [-0.3, -0.25) is 0 Å². The normalized spacial score (nSPS) is 11.6. The summed E-state index contributed by atoms with van der Waals surface area (Å²) >= 11 is 1.61. The fraction of sp³-hybridized carbons (Fsp3) is 0.0769. The minimum Gasteiger partial charge on any atom is -0.437 e. The maximum atomic E-state index is 5.59. The van der Waals surface area contributed by atoms with E-state index in [1.54, 1.807) is 11.3 Å². The molecule has 0 aliphatic rings. The average Bonchev–Trinajstić information content (AvgIpc) is 2.92. The molecule has 2 heterocycles. The van der Waals surface area contributed by atoms with Gasteiger partial charge in [-0.1, -0.05) is 12.1 Å². The van der Waals surface area contributed by atoms with Crippen LogP contribution in [0.3, 0.4) is 0 Å². The Bertz CT molecular complexity index is 648. The summed E-state index contributed by atoms with van der Waals surface area (Å²) in [4.78, 5) is 9.69. The number of para-hydroxylation sites is 2. The third-order valence-electron chi connectivity index (χ3n) is 2.47. The lowest BCUT2D eigenvalue weighted by Crippen LogP contribution is -1.73. The molecule has 0 radical (unpaired) electrons. The lowest BCUT2D eigenvalue weighted by atomic mass is 10.3. The van der Waals surface area contributed by atoms with Gasteiger partial charge < -0.3 is 4.42 Å². The number of thiazole rings is 1. The van der Waals surface area contributed by atoms with Crippen LogP contribution in [-0.4, -0.2) is 9.97 Å². The van der Waals surface area contributed by atoms with Crippen LogP contribution in [-0.2, 0) is 0 Å². The molecule has 0 amide bonds. The van der Waals surface area contributed by atoms with E-state index < -0.39 is 0 Å². The van der Waals surface area contributed by atoms with E-state index in [0.29, 0.717) is 5.89 Å². The van der Waals surface area contributed by atoms with Crippen molar-refractivity contribution in [3.05, 3.63) is 46.2 Å². The molecule has 0 saturated heterocycles. The van der Waals surface area contributed by atoms with Gasteiger partial charge in [0.2, 0.25) is 5.89 Å². The maximum absolute atomic E-state index is 5.59. The number of nitrogens with zero attached hydrogens (tertiary/aromatic N) is 2. The van der Waals surface area contributed by atoms with Crippen molar-refractivity contribution in [1.82, 2.24) is 9.97 Å². The van der Waals surface area contributed by atoms with Crippen molar-refractivity contribution in [3.63, 3.8) is 0 Å². The van der Waals surface area contributed by atoms with Crippen LogP contribution in [0.5, 0.6) is 0 Å². The first kappa shape index (κ1) is 10.2. The summed E-state index contributed by atoms with van der Waals surface area (Å²) < 4.78 is 5.59. The Kier molecular flexibility index (Phi) is 2.49. The summed E-state index contributed by atoms with van der Waals surface area (Å²) in [5.41, 5.74) is 4.56. The summed E-state index contributed by atoms with van der Waals surface area (Å²) in [5, 5.41) is 0. The maximum Gasteiger partial charge on any atom is 0.220 e. The van der Waals surface area contributed by atoms with Gasteiger partial charge in [-0.15, -0.1) is 11.3 Å². The Balaban J connectivity index is 1.95. The van der Waals surface area contributed by atoms with Gasteiger partial charge in [0.25, 0.3) is 0 Å². The lowest BCUT2D eigenvalue weighted by Gasteiger charge is -1.85. The quantitative estimate of drug-likeness (QED) is 0.686. The first-order chi connectivity index (χ1) is 8.33. The van der Waals surface area contributed by atoms with Gasteiger partial charge in [0.05, 0.1) is 11.2 Å². The Morgan fingerprint density at radius 1 is 1.24 bits per heavy atom. The molecular weight excluding hydrogens is 232 g/mol. The number of hydrogen-bond acceptors (Lipinski definition) is 4. The summed E-state index contributed by atoms with van der Waals surface area (Å²) in [5.74, 6) is 0.624. The smallest absolute Gasteiger partial charge is 0.220 e. The summed E-state index contributed by atoms with van der Waals surface area (Å²) in [6.07, 6.45) is 3.86. The topological polar surface area (TPSA) is 38.9 Å². The number of benzene rings is 1.